The van der Waals surface area contributed by atoms with Crippen LogP contribution < -0.4 is 5.32 Å². The molecule has 1 aliphatic carbocycles. The van der Waals surface area contributed by atoms with Gasteiger partial charge in [-0.2, -0.15) is 0 Å². The Bertz CT molecular complexity index is 627. The molecule has 1 unspecified atom stereocenters. The van der Waals surface area contributed by atoms with E-state index in [4.69, 9.17) is 0 Å². The zero-order valence-corrected chi connectivity index (χ0v) is 12.4. The summed E-state index contributed by atoms with van der Waals surface area (Å²) in [7, 11) is 0. The van der Waals surface area contributed by atoms with Crippen molar-refractivity contribution < 1.29 is 5.11 Å². The molecule has 1 atom stereocenters. The normalized spacial score (nSPS) is 17.3. The second kappa shape index (κ2) is 5.41. The highest BCUT2D eigenvalue weighted by Gasteiger charge is 2.41. The minimum absolute atomic E-state index is 0.100. The van der Waals surface area contributed by atoms with E-state index >= 15 is 0 Å². The van der Waals surface area contributed by atoms with Gasteiger partial charge >= 0.3 is 0 Å². The Hall–Kier alpha value is -2.01. The van der Waals surface area contributed by atoms with Crippen molar-refractivity contribution >= 4 is 5.82 Å². The van der Waals surface area contributed by atoms with Gasteiger partial charge in [0.2, 0.25) is 0 Å². The van der Waals surface area contributed by atoms with Crippen molar-refractivity contribution in [2.75, 3.05) is 11.9 Å². The van der Waals surface area contributed by atoms with Crippen LogP contribution in [0, 0.1) is 12.8 Å². The van der Waals surface area contributed by atoms with Crippen LogP contribution in [-0.4, -0.2) is 32.2 Å². The lowest BCUT2D eigenvalue weighted by molar-refractivity contribution is 0.205. The van der Waals surface area contributed by atoms with Crippen molar-refractivity contribution in [2.45, 2.75) is 32.2 Å². The van der Waals surface area contributed by atoms with Crippen LogP contribution in [0.1, 0.15) is 25.5 Å². The Morgan fingerprint density at radius 3 is 2.81 bits per heavy atom. The van der Waals surface area contributed by atoms with Gasteiger partial charge in [-0.15, -0.1) is 0 Å². The smallest absolute Gasteiger partial charge is 0.163 e. The van der Waals surface area contributed by atoms with Crippen LogP contribution in [0.2, 0.25) is 0 Å². The SMILES string of the molecule is Cc1cc(NC(C)(CO)C2CC2)nc(-c2cccnc2)n1. The minimum atomic E-state index is -0.312. The Kier molecular flexibility index (Phi) is 3.59. The number of pyridine rings is 1. The Morgan fingerprint density at radius 1 is 1.38 bits per heavy atom. The fraction of sp³-hybridized carbons (Fsp3) is 0.438. The summed E-state index contributed by atoms with van der Waals surface area (Å²) in [6.07, 6.45) is 5.80. The lowest BCUT2D eigenvalue weighted by Gasteiger charge is -2.29. The number of aliphatic hydroxyl groups excluding tert-OH is 1. The minimum Gasteiger partial charge on any atom is -0.394 e. The summed E-state index contributed by atoms with van der Waals surface area (Å²) in [5.41, 5.74) is 1.47. The van der Waals surface area contributed by atoms with Crippen molar-refractivity contribution in [3.8, 4) is 11.4 Å². The molecule has 3 rings (SSSR count). The molecule has 2 aromatic rings. The van der Waals surface area contributed by atoms with Gasteiger partial charge < -0.3 is 10.4 Å². The highest BCUT2D eigenvalue weighted by Crippen LogP contribution is 2.41. The third-order valence-corrected chi connectivity index (χ3v) is 3.99. The van der Waals surface area contributed by atoms with E-state index in [1.165, 1.54) is 0 Å². The standard InChI is InChI=1S/C16H20N4O/c1-11-8-14(20-16(2,10-21)13-5-6-13)19-15(18-11)12-4-3-7-17-9-12/h3-4,7-9,13,21H,5-6,10H2,1-2H3,(H,18,19,20). The van der Waals surface area contributed by atoms with E-state index in [1.807, 2.05) is 32.0 Å². The van der Waals surface area contributed by atoms with Gasteiger partial charge in [-0.3, -0.25) is 4.98 Å². The number of aliphatic hydroxyl groups is 1. The van der Waals surface area contributed by atoms with Crippen LogP contribution in [-0.2, 0) is 0 Å². The first-order valence-electron chi connectivity index (χ1n) is 7.26. The summed E-state index contributed by atoms with van der Waals surface area (Å²) >= 11 is 0. The van der Waals surface area contributed by atoms with Gasteiger partial charge in [-0.25, -0.2) is 9.97 Å². The Morgan fingerprint density at radius 2 is 2.19 bits per heavy atom. The molecule has 0 amide bonds. The van der Waals surface area contributed by atoms with E-state index in [2.05, 4.69) is 20.3 Å². The highest BCUT2D eigenvalue weighted by atomic mass is 16.3. The molecule has 5 nitrogen and oxygen atoms in total. The first-order valence-corrected chi connectivity index (χ1v) is 7.26. The largest absolute Gasteiger partial charge is 0.394 e. The molecule has 5 heteroatoms. The lowest BCUT2D eigenvalue weighted by atomic mass is 9.97. The van der Waals surface area contributed by atoms with E-state index in [1.54, 1.807) is 12.4 Å². The summed E-state index contributed by atoms with van der Waals surface area (Å²) in [5, 5.41) is 13.1. The number of aromatic nitrogens is 3. The molecule has 1 aliphatic rings. The summed E-state index contributed by atoms with van der Waals surface area (Å²) in [5.74, 6) is 1.92. The topological polar surface area (TPSA) is 70.9 Å². The Labute approximate surface area is 124 Å². The molecule has 110 valence electrons. The van der Waals surface area contributed by atoms with Gasteiger partial charge in [0.15, 0.2) is 5.82 Å². The van der Waals surface area contributed by atoms with Crippen LogP contribution in [0.25, 0.3) is 11.4 Å². The molecule has 2 N–H and O–H groups in total. The third-order valence-electron chi connectivity index (χ3n) is 3.99. The molecule has 0 aromatic carbocycles. The van der Waals surface area contributed by atoms with E-state index in [0.717, 1.165) is 29.9 Å². The van der Waals surface area contributed by atoms with Crippen LogP contribution in [0.3, 0.4) is 0 Å². The van der Waals surface area contributed by atoms with Gasteiger partial charge in [-0.1, -0.05) is 0 Å². The average molecular weight is 284 g/mol. The molecule has 21 heavy (non-hydrogen) atoms. The first kappa shape index (κ1) is 13.9. The summed E-state index contributed by atoms with van der Waals surface area (Å²) in [4.78, 5) is 13.1. The molecule has 2 heterocycles. The van der Waals surface area contributed by atoms with Gasteiger partial charge in [0.05, 0.1) is 12.1 Å². The maximum absolute atomic E-state index is 9.70. The number of aryl methyl sites for hydroxylation is 1. The highest BCUT2D eigenvalue weighted by molar-refractivity contribution is 5.56. The molecular weight excluding hydrogens is 264 g/mol. The third kappa shape index (κ3) is 3.03. The summed E-state index contributed by atoms with van der Waals surface area (Å²) < 4.78 is 0. The van der Waals surface area contributed by atoms with E-state index in [0.29, 0.717) is 11.7 Å². The summed E-state index contributed by atoms with van der Waals surface area (Å²) in [6.45, 7) is 4.09. The van der Waals surface area contributed by atoms with Crippen LogP contribution in [0.5, 0.6) is 0 Å². The van der Waals surface area contributed by atoms with Crippen molar-refractivity contribution in [1.82, 2.24) is 15.0 Å². The first-order chi connectivity index (χ1) is 10.1. The number of anilines is 1. The summed E-state index contributed by atoms with van der Waals surface area (Å²) in [6, 6.07) is 5.73. The maximum Gasteiger partial charge on any atom is 0.163 e. The van der Waals surface area contributed by atoms with Gasteiger partial charge in [-0.05, 0) is 44.7 Å². The van der Waals surface area contributed by atoms with Crippen molar-refractivity contribution in [3.63, 3.8) is 0 Å². The lowest BCUT2D eigenvalue weighted by Crippen LogP contribution is -2.41. The molecule has 0 radical (unpaired) electrons. The number of hydrogen-bond acceptors (Lipinski definition) is 5. The number of rotatable bonds is 5. The molecule has 0 saturated heterocycles. The molecule has 2 aromatic heterocycles. The molecular formula is C16H20N4O. The van der Waals surface area contributed by atoms with Crippen molar-refractivity contribution in [2.24, 2.45) is 5.92 Å². The van der Waals surface area contributed by atoms with Crippen molar-refractivity contribution in [3.05, 3.63) is 36.3 Å². The Balaban J connectivity index is 1.91. The fourth-order valence-corrected chi connectivity index (χ4v) is 2.54. The molecule has 0 bridgehead atoms. The van der Waals surface area contributed by atoms with Gasteiger partial charge in [0.1, 0.15) is 5.82 Å². The monoisotopic (exact) mass is 284 g/mol. The molecule has 0 spiro atoms. The fourth-order valence-electron chi connectivity index (χ4n) is 2.54. The zero-order valence-electron chi connectivity index (χ0n) is 12.4. The second-order valence-electron chi connectivity index (χ2n) is 5.93. The molecule has 0 aliphatic heterocycles. The van der Waals surface area contributed by atoms with E-state index in [9.17, 15) is 5.11 Å². The van der Waals surface area contributed by atoms with E-state index in [-0.39, 0.29) is 12.1 Å². The molecule has 1 saturated carbocycles. The van der Waals surface area contributed by atoms with Crippen LogP contribution in [0.15, 0.2) is 30.6 Å². The van der Waals surface area contributed by atoms with Crippen LogP contribution >= 0.6 is 0 Å². The van der Waals surface area contributed by atoms with Gasteiger partial charge in [0, 0.05) is 29.7 Å². The second-order valence-corrected chi connectivity index (χ2v) is 5.93. The van der Waals surface area contributed by atoms with E-state index < -0.39 is 0 Å². The van der Waals surface area contributed by atoms with Crippen LogP contribution in [0.4, 0.5) is 5.82 Å². The number of nitrogens with zero attached hydrogens (tertiary/aromatic N) is 3. The van der Waals surface area contributed by atoms with Gasteiger partial charge in [0.25, 0.3) is 0 Å². The molecule has 1 fully saturated rings. The average Bonchev–Trinajstić information content (AvgIpc) is 3.32. The quantitative estimate of drug-likeness (QED) is 0.882. The number of nitrogens with one attached hydrogen (secondary N) is 1. The van der Waals surface area contributed by atoms with Crippen molar-refractivity contribution in [1.29, 1.82) is 0 Å². The maximum atomic E-state index is 9.70. The predicted molar refractivity (Wildman–Crippen MR) is 81.8 cm³/mol. The zero-order chi connectivity index (χ0) is 14.9. The number of hydrogen-bond donors (Lipinski definition) is 2. The predicted octanol–water partition coefficient (Wildman–Crippen LogP) is 2.42.